The van der Waals surface area contributed by atoms with Gasteiger partial charge in [-0.15, -0.1) is 5.10 Å². The van der Waals surface area contributed by atoms with Crippen molar-refractivity contribution in [3.63, 3.8) is 0 Å². The standard InChI is InChI=1S/C21H24N6O4/c28-19(29)11-14(24-21(31)17-3-1-2-7-23-20(17)30)10-15-12-27(26-25-15)16-4-5-18-13(9-16)6-8-22-18/h4-6,8-9,12,14,17,22H,1-3,7,10-11H2,(H,23,30)(H,24,31)(H,28,29). The summed E-state index contributed by atoms with van der Waals surface area (Å²) in [5.41, 5.74) is 2.38. The van der Waals surface area contributed by atoms with Gasteiger partial charge in [-0.05, 0) is 37.1 Å². The number of hydrogen-bond acceptors (Lipinski definition) is 5. The van der Waals surface area contributed by atoms with Gasteiger partial charge < -0.3 is 20.7 Å². The van der Waals surface area contributed by atoms with E-state index in [0.717, 1.165) is 29.4 Å². The highest BCUT2D eigenvalue weighted by molar-refractivity contribution is 6.00. The molecule has 1 aliphatic heterocycles. The van der Waals surface area contributed by atoms with Crippen LogP contribution in [0.3, 0.4) is 0 Å². The van der Waals surface area contributed by atoms with Gasteiger partial charge in [-0.2, -0.15) is 0 Å². The smallest absolute Gasteiger partial charge is 0.305 e. The largest absolute Gasteiger partial charge is 0.481 e. The lowest BCUT2D eigenvalue weighted by Gasteiger charge is -2.19. The van der Waals surface area contributed by atoms with Crippen LogP contribution in [0.15, 0.2) is 36.7 Å². The molecule has 3 heterocycles. The molecule has 0 radical (unpaired) electrons. The van der Waals surface area contributed by atoms with Crippen LogP contribution in [-0.2, 0) is 20.8 Å². The van der Waals surface area contributed by atoms with Gasteiger partial charge in [0.1, 0.15) is 5.92 Å². The van der Waals surface area contributed by atoms with E-state index in [4.69, 9.17) is 0 Å². The van der Waals surface area contributed by atoms with Crippen molar-refractivity contribution in [1.29, 1.82) is 0 Å². The van der Waals surface area contributed by atoms with E-state index in [1.165, 1.54) is 0 Å². The Morgan fingerprint density at radius 1 is 1.29 bits per heavy atom. The molecule has 0 spiro atoms. The van der Waals surface area contributed by atoms with E-state index in [-0.39, 0.29) is 18.7 Å². The third-order valence-corrected chi connectivity index (χ3v) is 5.42. The van der Waals surface area contributed by atoms with E-state index in [0.29, 0.717) is 18.7 Å². The average Bonchev–Trinajstić information content (AvgIpc) is 3.33. The van der Waals surface area contributed by atoms with E-state index in [1.54, 1.807) is 10.9 Å². The van der Waals surface area contributed by atoms with Crippen molar-refractivity contribution in [2.75, 3.05) is 6.54 Å². The van der Waals surface area contributed by atoms with E-state index in [1.807, 2.05) is 30.5 Å². The van der Waals surface area contributed by atoms with Crippen molar-refractivity contribution < 1.29 is 19.5 Å². The number of rotatable bonds is 7. The van der Waals surface area contributed by atoms with Crippen LogP contribution in [0.5, 0.6) is 0 Å². The Labute approximate surface area is 178 Å². The van der Waals surface area contributed by atoms with Gasteiger partial charge in [-0.1, -0.05) is 11.6 Å². The Kier molecular flexibility index (Phi) is 5.96. The zero-order valence-electron chi connectivity index (χ0n) is 16.9. The Morgan fingerprint density at radius 2 is 2.16 bits per heavy atom. The molecule has 4 rings (SSSR count). The van der Waals surface area contributed by atoms with Crippen LogP contribution in [-0.4, -0.2) is 55.5 Å². The topological polar surface area (TPSA) is 142 Å². The summed E-state index contributed by atoms with van der Waals surface area (Å²) in [5, 5.41) is 24.0. The molecule has 1 saturated heterocycles. The third-order valence-electron chi connectivity index (χ3n) is 5.42. The highest BCUT2D eigenvalue weighted by atomic mass is 16.4. The van der Waals surface area contributed by atoms with Crippen molar-refractivity contribution >= 4 is 28.7 Å². The molecule has 162 valence electrons. The molecule has 3 aromatic rings. The highest BCUT2D eigenvalue weighted by Gasteiger charge is 2.30. The maximum atomic E-state index is 12.7. The molecule has 10 heteroatoms. The van der Waals surface area contributed by atoms with E-state index < -0.39 is 23.8 Å². The number of benzene rings is 1. The summed E-state index contributed by atoms with van der Waals surface area (Å²) < 4.78 is 1.61. The third kappa shape index (κ3) is 4.90. The van der Waals surface area contributed by atoms with Gasteiger partial charge in [0.2, 0.25) is 11.8 Å². The van der Waals surface area contributed by atoms with E-state index in [9.17, 15) is 19.5 Å². The Hall–Kier alpha value is -3.69. The molecule has 2 unspecified atom stereocenters. The van der Waals surface area contributed by atoms with Gasteiger partial charge >= 0.3 is 5.97 Å². The molecule has 0 aliphatic carbocycles. The number of nitrogens with zero attached hydrogens (tertiary/aromatic N) is 3. The number of fused-ring (bicyclic) bond motifs is 1. The number of nitrogens with one attached hydrogen (secondary N) is 3. The number of hydrogen-bond donors (Lipinski definition) is 4. The summed E-state index contributed by atoms with van der Waals surface area (Å²) in [6.07, 6.45) is 5.53. The quantitative estimate of drug-likeness (QED) is 0.420. The van der Waals surface area contributed by atoms with Crippen molar-refractivity contribution in [3.05, 3.63) is 42.4 Å². The van der Waals surface area contributed by atoms with Gasteiger partial charge in [0.25, 0.3) is 0 Å². The predicted molar refractivity (Wildman–Crippen MR) is 111 cm³/mol. The number of carboxylic acid groups (broad SMARTS) is 1. The second-order valence-corrected chi connectivity index (χ2v) is 7.75. The molecule has 1 aromatic carbocycles. The average molecular weight is 424 g/mol. The molecule has 0 saturated carbocycles. The number of aromatic nitrogens is 4. The second kappa shape index (κ2) is 8.99. The molecule has 2 atom stereocenters. The van der Waals surface area contributed by atoms with Gasteiger partial charge in [0.05, 0.1) is 24.0 Å². The number of amides is 2. The normalized spacial score (nSPS) is 17.7. The number of H-pyrrole nitrogens is 1. The molecule has 31 heavy (non-hydrogen) atoms. The number of aliphatic carboxylic acids is 1. The SMILES string of the molecule is O=C(O)CC(Cc1cn(-c2ccc3[nH]ccc3c2)nn1)NC(=O)C1CCCCNC1=O. The van der Waals surface area contributed by atoms with Crippen molar-refractivity contribution in [2.24, 2.45) is 5.92 Å². The van der Waals surface area contributed by atoms with Crippen molar-refractivity contribution in [1.82, 2.24) is 30.6 Å². The lowest BCUT2D eigenvalue weighted by molar-refractivity contribution is -0.138. The first-order valence-corrected chi connectivity index (χ1v) is 10.3. The first-order valence-electron chi connectivity index (χ1n) is 10.3. The molecule has 2 aromatic heterocycles. The lowest BCUT2D eigenvalue weighted by atomic mass is 10.00. The molecule has 10 nitrogen and oxygen atoms in total. The minimum atomic E-state index is -1.04. The number of aromatic amines is 1. The Bertz CT molecular complexity index is 1100. The number of carbonyl (C=O) groups excluding carboxylic acids is 2. The molecular formula is C21H24N6O4. The fourth-order valence-electron chi connectivity index (χ4n) is 3.83. The fraction of sp³-hybridized carbons (Fsp3) is 0.381. The summed E-state index contributed by atoms with van der Waals surface area (Å²) in [6.45, 7) is 0.554. The summed E-state index contributed by atoms with van der Waals surface area (Å²) in [6, 6.07) is 7.07. The molecule has 1 aliphatic rings. The van der Waals surface area contributed by atoms with Crippen LogP contribution in [0.2, 0.25) is 0 Å². The van der Waals surface area contributed by atoms with Gasteiger partial charge in [0.15, 0.2) is 0 Å². The fourth-order valence-corrected chi connectivity index (χ4v) is 3.83. The monoisotopic (exact) mass is 424 g/mol. The Balaban J connectivity index is 1.47. The highest BCUT2D eigenvalue weighted by Crippen LogP contribution is 2.18. The first kappa shape index (κ1) is 20.6. The number of carbonyl (C=O) groups is 3. The van der Waals surface area contributed by atoms with Crippen LogP contribution in [0.25, 0.3) is 16.6 Å². The van der Waals surface area contributed by atoms with Crippen LogP contribution in [0.4, 0.5) is 0 Å². The van der Waals surface area contributed by atoms with E-state index in [2.05, 4.69) is 25.9 Å². The zero-order chi connectivity index (χ0) is 21.8. The van der Waals surface area contributed by atoms with Crippen LogP contribution in [0.1, 0.15) is 31.4 Å². The predicted octanol–water partition coefficient (Wildman–Crippen LogP) is 1.17. The molecular weight excluding hydrogens is 400 g/mol. The molecule has 1 fully saturated rings. The minimum Gasteiger partial charge on any atom is -0.481 e. The van der Waals surface area contributed by atoms with Crippen LogP contribution in [0, 0.1) is 5.92 Å². The summed E-state index contributed by atoms with van der Waals surface area (Å²) in [7, 11) is 0. The first-order chi connectivity index (χ1) is 15.0. The summed E-state index contributed by atoms with van der Waals surface area (Å²) in [5.74, 6) is -2.60. The maximum Gasteiger partial charge on any atom is 0.305 e. The van der Waals surface area contributed by atoms with Gasteiger partial charge in [0, 0.05) is 36.1 Å². The van der Waals surface area contributed by atoms with Gasteiger partial charge in [-0.3, -0.25) is 14.4 Å². The summed E-state index contributed by atoms with van der Waals surface area (Å²) >= 11 is 0. The zero-order valence-corrected chi connectivity index (χ0v) is 16.9. The van der Waals surface area contributed by atoms with Crippen molar-refractivity contribution in [3.8, 4) is 5.69 Å². The Morgan fingerprint density at radius 3 is 3.00 bits per heavy atom. The minimum absolute atomic E-state index is 0.193. The molecule has 2 amide bonds. The van der Waals surface area contributed by atoms with Crippen LogP contribution >= 0.6 is 0 Å². The summed E-state index contributed by atoms with van der Waals surface area (Å²) in [4.78, 5) is 39.3. The number of carboxylic acids is 1. The second-order valence-electron chi connectivity index (χ2n) is 7.75. The van der Waals surface area contributed by atoms with Crippen molar-refractivity contribution in [2.45, 2.75) is 38.1 Å². The molecule has 0 bridgehead atoms. The maximum absolute atomic E-state index is 12.7. The van der Waals surface area contributed by atoms with Crippen LogP contribution < -0.4 is 10.6 Å². The van der Waals surface area contributed by atoms with Gasteiger partial charge in [-0.25, -0.2) is 4.68 Å². The lowest BCUT2D eigenvalue weighted by Crippen LogP contribution is -2.45. The van der Waals surface area contributed by atoms with E-state index >= 15 is 0 Å². The molecule has 4 N–H and O–H groups in total.